The third-order valence-electron chi connectivity index (χ3n) is 3.17. The lowest BCUT2D eigenvalue weighted by Gasteiger charge is -2.19. The maximum Gasteiger partial charge on any atom is 0.120 e. The van der Waals surface area contributed by atoms with Crippen LogP contribution in [0.25, 0.3) is 0 Å². The van der Waals surface area contributed by atoms with Crippen molar-refractivity contribution in [1.29, 1.82) is 0 Å². The van der Waals surface area contributed by atoms with E-state index in [-0.39, 0.29) is 5.41 Å². The van der Waals surface area contributed by atoms with Crippen molar-refractivity contribution in [2.24, 2.45) is 0 Å². The fourth-order valence-electron chi connectivity index (χ4n) is 1.89. The van der Waals surface area contributed by atoms with Crippen LogP contribution in [0.2, 0.25) is 0 Å². The standard InChI is InChI=1S/C17H20BrNO/c1-17(2,3)13-5-4-6-15(9-13)20-11-12-7-8-14(19)10-16(12)18/h4-10H,11,19H2,1-3H3. The van der Waals surface area contributed by atoms with Gasteiger partial charge in [0.15, 0.2) is 0 Å². The van der Waals surface area contributed by atoms with Crippen LogP contribution in [0.1, 0.15) is 31.9 Å². The molecule has 2 rings (SSSR count). The van der Waals surface area contributed by atoms with Gasteiger partial charge in [-0.1, -0.05) is 54.9 Å². The second-order valence-corrected chi connectivity index (χ2v) is 6.77. The molecule has 0 spiro atoms. The van der Waals surface area contributed by atoms with Gasteiger partial charge in [-0.2, -0.15) is 0 Å². The maximum absolute atomic E-state index is 5.88. The molecule has 0 amide bonds. The summed E-state index contributed by atoms with van der Waals surface area (Å²) in [4.78, 5) is 0. The van der Waals surface area contributed by atoms with E-state index in [1.807, 2.05) is 30.3 Å². The van der Waals surface area contributed by atoms with Crippen LogP contribution >= 0.6 is 15.9 Å². The van der Waals surface area contributed by atoms with Gasteiger partial charge in [-0.15, -0.1) is 0 Å². The summed E-state index contributed by atoms with van der Waals surface area (Å²) in [6.45, 7) is 7.11. The van der Waals surface area contributed by atoms with Gasteiger partial charge in [-0.05, 0) is 35.2 Å². The summed E-state index contributed by atoms with van der Waals surface area (Å²) in [5, 5.41) is 0. The van der Waals surface area contributed by atoms with Crippen LogP contribution in [0.4, 0.5) is 5.69 Å². The first-order chi connectivity index (χ1) is 9.36. The Morgan fingerprint density at radius 1 is 1.10 bits per heavy atom. The quantitative estimate of drug-likeness (QED) is 0.810. The minimum absolute atomic E-state index is 0.126. The molecule has 0 saturated heterocycles. The van der Waals surface area contributed by atoms with E-state index >= 15 is 0 Å². The van der Waals surface area contributed by atoms with Gasteiger partial charge in [0.25, 0.3) is 0 Å². The van der Waals surface area contributed by atoms with Crippen LogP contribution in [-0.4, -0.2) is 0 Å². The number of hydrogen-bond donors (Lipinski definition) is 1. The summed E-state index contributed by atoms with van der Waals surface area (Å²) in [5.74, 6) is 0.890. The highest BCUT2D eigenvalue weighted by atomic mass is 79.9. The largest absolute Gasteiger partial charge is 0.489 e. The number of rotatable bonds is 3. The number of nitrogens with two attached hydrogens (primary N) is 1. The highest BCUT2D eigenvalue weighted by Crippen LogP contribution is 2.27. The van der Waals surface area contributed by atoms with Crippen LogP contribution in [0.3, 0.4) is 0 Å². The number of hydrogen-bond acceptors (Lipinski definition) is 2. The molecule has 0 aliphatic rings. The first kappa shape index (κ1) is 14.9. The van der Waals surface area contributed by atoms with Crippen molar-refractivity contribution in [1.82, 2.24) is 0 Å². The molecule has 0 saturated carbocycles. The Morgan fingerprint density at radius 3 is 2.50 bits per heavy atom. The molecule has 0 heterocycles. The Balaban J connectivity index is 2.11. The SMILES string of the molecule is CC(C)(C)c1cccc(OCc2ccc(N)cc2Br)c1. The van der Waals surface area contributed by atoms with Crippen LogP contribution in [0, 0.1) is 0 Å². The van der Waals surface area contributed by atoms with Gasteiger partial charge in [-0.3, -0.25) is 0 Å². The molecule has 2 aromatic carbocycles. The van der Waals surface area contributed by atoms with Gasteiger partial charge in [-0.25, -0.2) is 0 Å². The third kappa shape index (κ3) is 3.76. The number of ether oxygens (including phenoxy) is 1. The Kier molecular flexibility index (Phi) is 4.39. The fraction of sp³-hybridized carbons (Fsp3) is 0.294. The monoisotopic (exact) mass is 333 g/mol. The molecule has 3 heteroatoms. The van der Waals surface area contributed by atoms with Gasteiger partial charge in [0.05, 0.1) is 0 Å². The van der Waals surface area contributed by atoms with Gasteiger partial charge in [0.2, 0.25) is 0 Å². The van der Waals surface area contributed by atoms with E-state index in [1.54, 1.807) is 0 Å². The van der Waals surface area contributed by atoms with E-state index in [9.17, 15) is 0 Å². The van der Waals surface area contributed by atoms with E-state index in [0.29, 0.717) is 6.61 Å². The third-order valence-corrected chi connectivity index (χ3v) is 3.91. The number of halogens is 1. The molecule has 0 aliphatic carbocycles. The van der Waals surface area contributed by atoms with E-state index in [1.165, 1.54) is 5.56 Å². The molecule has 20 heavy (non-hydrogen) atoms. The highest BCUT2D eigenvalue weighted by Gasteiger charge is 2.14. The van der Waals surface area contributed by atoms with Crippen molar-refractivity contribution < 1.29 is 4.74 Å². The van der Waals surface area contributed by atoms with Crippen molar-refractivity contribution in [3.8, 4) is 5.75 Å². The number of benzene rings is 2. The molecular weight excluding hydrogens is 314 g/mol. The van der Waals surface area contributed by atoms with Crippen LogP contribution < -0.4 is 10.5 Å². The average Bonchev–Trinajstić information content (AvgIpc) is 2.37. The van der Waals surface area contributed by atoms with Crippen LogP contribution in [0.5, 0.6) is 5.75 Å². The highest BCUT2D eigenvalue weighted by molar-refractivity contribution is 9.10. The zero-order valence-electron chi connectivity index (χ0n) is 12.1. The molecule has 0 radical (unpaired) electrons. The summed E-state index contributed by atoms with van der Waals surface area (Å²) in [6, 6.07) is 14.0. The number of anilines is 1. The molecule has 2 N–H and O–H groups in total. The molecule has 0 aliphatic heterocycles. The Hall–Kier alpha value is -1.48. The van der Waals surface area contributed by atoms with Gasteiger partial charge < -0.3 is 10.5 Å². The normalized spacial score (nSPS) is 11.4. The van der Waals surface area contributed by atoms with E-state index in [0.717, 1.165) is 21.5 Å². The second-order valence-electron chi connectivity index (χ2n) is 5.92. The Labute approximate surface area is 129 Å². The molecule has 106 valence electrons. The zero-order valence-corrected chi connectivity index (χ0v) is 13.7. The second kappa shape index (κ2) is 5.88. The topological polar surface area (TPSA) is 35.2 Å². The lowest BCUT2D eigenvalue weighted by atomic mass is 9.87. The molecule has 2 nitrogen and oxygen atoms in total. The van der Waals surface area contributed by atoms with E-state index in [2.05, 4.69) is 48.8 Å². The summed E-state index contributed by atoms with van der Waals surface area (Å²) >= 11 is 3.51. The summed E-state index contributed by atoms with van der Waals surface area (Å²) in [5.41, 5.74) is 8.96. The molecule has 0 fully saturated rings. The lowest BCUT2D eigenvalue weighted by Crippen LogP contribution is -2.11. The van der Waals surface area contributed by atoms with Gasteiger partial charge in [0.1, 0.15) is 12.4 Å². The van der Waals surface area contributed by atoms with Crippen molar-refractivity contribution in [2.75, 3.05) is 5.73 Å². The summed E-state index contributed by atoms with van der Waals surface area (Å²) < 4.78 is 6.85. The van der Waals surface area contributed by atoms with Crippen LogP contribution in [-0.2, 0) is 12.0 Å². The fourth-order valence-corrected chi connectivity index (χ4v) is 2.41. The first-order valence-corrected chi connectivity index (χ1v) is 7.43. The molecule has 2 aromatic rings. The van der Waals surface area contributed by atoms with E-state index < -0.39 is 0 Å². The minimum Gasteiger partial charge on any atom is -0.489 e. The van der Waals surface area contributed by atoms with Gasteiger partial charge >= 0.3 is 0 Å². The van der Waals surface area contributed by atoms with Crippen molar-refractivity contribution in [3.63, 3.8) is 0 Å². The minimum atomic E-state index is 0.126. The molecule has 0 aromatic heterocycles. The summed E-state index contributed by atoms with van der Waals surface area (Å²) in [6.07, 6.45) is 0. The lowest BCUT2D eigenvalue weighted by molar-refractivity contribution is 0.304. The summed E-state index contributed by atoms with van der Waals surface area (Å²) in [7, 11) is 0. The average molecular weight is 334 g/mol. The smallest absolute Gasteiger partial charge is 0.120 e. The Morgan fingerprint density at radius 2 is 1.85 bits per heavy atom. The predicted octanol–water partition coefficient (Wildman–Crippen LogP) is 4.91. The molecule has 0 bridgehead atoms. The maximum atomic E-state index is 5.88. The van der Waals surface area contributed by atoms with Crippen molar-refractivity contribution in [2.45, 2.75) is 32.8 Å². The van der Waals surface area contributed by atoms with Crippen LogP contribution in [0.15, 0.2) is 46.9 Å². The number of nitrogen functional groups attached to an aromatic ring is 1. The Bertz CT molecular complexity index is 602. The molecule has 0 unspecified atom stereocenters. The van der Waals surface area contributed by atoms with Gasteiger partial charge in [0, 0.05) is 15.7 Å². The molecular formula is C17H20BrNO. The van der Waals surface area contributed by atoms with E-state index in [4.69, 9.17) is 10.5 Å². The molecule has 0 atom stereocenters. The van der Waals surface area contributed by atoms with Crippen molar-refractivity contribution >= 4 is 21.6 Å². The van der Waals surface area contributed by atoms with Crippen molar-refractivity contribution in [3.05, 3.63) is 58.1 Å². The predicted molar refractivity (Wildman–Crippen MR) is 88.0 cm³/mol. The zero-order chi connectivity index (χ0) is 14.8. The first-order valence-electron chi connectivity index (χ1n) is 6.63.